The number of methoxy groups -OCH3 is 2. The van der Waals surface area contributed by atoms with Crippen molar-refractivity contribution >= 4 is 17.7 Å². The minimum absolute atomic E-state index is 0.233. The fraction of sp³-hybridized carbons (Fsp3) is 0.276. The summed E-state index contributed by atoms with van der Waals surface area (Å²) in [6.07, 6.45) is -1.37. The second kappa shape index (κ2) is 10.1. The molecule has 0 aromatic heterocycles. The lowest BCUT2D eigenvalue weighted by Gasteiger charge is -2.48. The van der Waals surface area contributed by atoms with E-state index < -0.39 is 24.1 Å². The summed E-state index contributed by atoms with van der Waals surface area (Å²) in [5.41, 5.74) is 4.63. The van der Waals surface area contributed by atoms with Crippen molar-refractivity contribution < 1.29 is 27.4 Å². The van der Waals surface area contributed by atoms with Gasteiger partial charge in [0.2, 0.25) is 0 Å². The van der Waals surface area contributed by atoms with Crippen LogP contribution in [0.25, 0.3) is 6.08 Å². The summed E-state index contributed by atoms with van der Waals surface area (Å²) in [6.45, 7) is 2.81. The van der Waals surface area contributed by atoms with E-state index in [2.05, 4.69) is 22.6 Å². The zero-order chi connectivity index (χ0) is 25.9. The lowest BCUT2D eigenvalue weighted by Crippen LogP contribution is -2.49. The highest BCUT2D eigenvalue weighted by Crippen LogP contribution is 2.44. The molecule has 0 saturated carbocycles. The normalized spacial score (nSPS) is 17.7. The zero-order valence-electron chi connectivity index (χ0n) is 20.4. The molecular weight excluding hydrogens is 467 g/mol. The van der Waals surface area contributed by atoms with Gasteiger partial charge >= 0.3 is 12.1 Å². The van der Waals surface area contributed by atoms with Gasteiger partial charge in [-0.3, -0.25) is 0 Å². The Morgan fingerprint density at radius 3 is 2.33 bits per heavy atom. The van der Waals surface area contributed by atoms with Gasteiger partial charge in [-0.1, -0.05) is 42.5 Å². The van der Waals surface area contributed by atoms with Gasteiger partial charge in [0, 0.05) is 18.3 Å². The molecule has 188 valence electrons. The second-order valence-corrected chi connectivity index (χ2v) is 8.93. The number of ether oxygens (including phenoxy) is 2. The van der Waals surface area contributed by atoms with Crippen molar-refractivity contribution in [2.75, 3.05) is 25.7 Å². The highest BCUT2D eigenvalue weighted by atomic mass is 19.4. The molecule has 0 saturated heterocycles. The summed E-state index contributed by atoms with van der Waals surface area (Å²) in [6, 6.07) is 20.6. The molecule has 4 nitrogen and oxygen atoms in total. The van der Waals surface area contributed by atoms with Gasteiger partial charge in [0.1, 0.15) is 5.75 Å². The van der Waals surface area contributed by atoms with Gasteiger partial charge in [-0.05, 0) is 71.5 Å². The minimum Gasteiger partial charge on any atom is -0.497 e. The Morgan fingerprint density at radius 1 is 1.03 bits per heavy atom. The Labute approximate surface area is 209 Å². The van der Waals surface area contributed by atoms with Crippen LogP contribution in [0.5, 0.6) is 5.75 Å². The summed E-state index contributed by atoms with van der Waals surface area (Å²) in [5.74, 6) is 0.352. The average molecular weight is 496 g/mol. The maximum absolute atomic E-state index is 12.9. The van der Waals surface area contributed by atoms with E-state index in [1.54, 1.807) is 37.5 Å². The first-order chi connectivity index (χ1) is 17.1. The minimum atomic E-state index is -4.25. The molecule has 1 unspecified atom stereocenters. The molecule has 0 bridgehead atoms. The topological polar surface area (TPSA) is 38.8 Å². The van der Waals surface area contributed by atoms with E-state index >= 15 is 0 Å². The molecule has 1 atom stereocenters. The van der Waals surface area contributed by atoms with E-state index in [0.29, 0.717) is 6.54 Å². The monoisotopic (exact) mass is 495 g/mol. The lowest BCUT2D eigenvalue weighted by molar-refractivity contribution is -0.134. The van der Waals surface area contributed by atoms with Crippen LogP contribution in [-0.4, -0.2) is 32.9 Å². The number of benzene rings is 3. The van der Waals surface area contributed by atoms with Crippen molar-refractivity contribution in [2.45, 2.75) is 31.5 Å². The van der Waals surface area contributed by atoms with Crippen LogP contribution in [-0.2, 0) is 27.9 Å². The van der Waals surface area contributed by atoms with Crippen LogP contribution in [0.4, 0.5) is 18.9 Å². The van der Waals surface area contributed by atoms with Crippen LogP contribution >= 0.6 is 0 Å². The molecule has 1 aliphatic heterocycles. The van der Waals surface area contributed by atoms with Gasteiger partial charge in [-0.15, -0.1) is 0 Å². The molecule has 0 radical (unpaired) electrons. The van der Waals surface area contributed by atoms with Crippen LogP contribution in [0.15, 0.2) is 72.8 Å². The number of anilines is 1. The summed E-state index contributed by atoms with van der Waals surface area (Å²) < 4.78 is 48.7. The lowest BCUT2D eigenvalue weighted by atomic mass is 9.76. The molecule has 7 heteroatoms. The molecule has 0 amide bonds. The van der Waals surface area contributed by atoms with Gasteiger partial charge in [0.15, 0.2) is 0 Å². The molecule has 36 heavy (non-hydrogen) atoms. The molecule has 0 N–H and O–H groups in total. The standard InChI is InChI=1S/C29H28F3NO3/c1-28(23-9-4-20(5-10-23)8-15-27(34)36-3)26-14-13-25(35-2)18-22(26)16-17-33(28)24-11-6-21(7-12-24)19-29(30,31)32/h4-15,18H,16-17,19H2,1-3H3/b15-8+. The van der Waals surface area contributed by atoms with E-state index in [1.165, 1.54) is 13.2 Å². The van der Waals surface area contributed by atoms with E-state index in [1.807, 2.05) is 36.4 Å². The SMILES string of the molecule is COC(=O)/C=C/c1ccc(C2(C)c3ccc(OC)cc3CCN2c2ccc(CC(F)(F)F)cc2)cc1. The predicted octanol–water partition coefficient (Wildman–Crippen LogP) is 6.31. The number of halogens is 3. The van der Waals surface area contributed by atoms with Crippen molar-refractivity contribution in [3.63, 3.8) is 0 Å². The van der Waals surface area contributed by atoms with Crippen LogP contribution in [0.2, 0.25) is 0 Å². The summed E-state index contributed by atoms with van der Waals surface area (Å²) in [4.78, 5) is 13.7. The van der Waals surface area contributed by atoms with Crippen molar-refractivity contribution in [1.82, 2.24) is 0 Å². The van der Waals surface area contributed by atoms with Gasteiger partial charge < -0.3 is 14.4 Å². The first-order valence-electron chi connectivity index (χ1n) is 11.6. The number of carbonyl (C=O) groups excluding carboxylic acids is 1. The summed E-state index contributed by atoms with van der Waals surface area (Å²) >= 11 is 0. The maximum atomic E-state index is 12.9. The Kier molecular flexibility index (Phi) is 7.11. The predicted molar refractivity (Wildman–Crippen MR) is 134 cm³/mol. The third kappa shape index (κ3) is 5.25. The Balaban J connectivity index is 1.76. The summed E-state index contributed by atoms with van der Waals surface area (Å²) in [5, 5.41) is 0. The smallest absolute Gasteiger partial charge is 0.393 e. The number of fused-ring (bicyclic) bond motifs is 1. The zero-order valence-corrected chi connectivity index (χ0v) is 20.4. The molecule has 0 fully saturated rings. The van der Waals surface area contributed by atoms with Crippen LogP contribution in [0.1, 0.15) is 34.7 Å². The maximum Gasteiger partial charge on any atom is 0.393 e. The molecule has 3 aromatic rings. The number of alkyl halides is 3. The van der Waals surface area contributed by atoms with Crippen LogP contribution in [0.3, 0.4) is 0 Å². The van der Waals surface area contributed by atoms with Gasteiger partial charge in [-0.25, -0.2) is 4.79 Å². The first-order valence-corrected chi connectivity index (χ1v) is 11.6. The van der Waals surface area contributed by atoms with Crippen molar-refractivity contribution in [2.24, 2.45) is 0 Å². The number of rotatable bonds is 6. The fourth-order valence-electron chi connectivity index (χ4n) is 4.85. The molecule has 1 heterocycles. The van der Waals surface area contributed by atoms with Crippen molar-refractivity contribution in [3.8, 4) is 5.75 Å². The number of nitrogens with zero attached hydrogens (tertiary/aromatic N) is 1. The highest BCUT2D eigenvalue weighted by Gasteiger charge is 2.40. The van der Waals surface area contributed by atoms with E-state index in [9.17, 15) is 18.0 Å². The van der Waals surface area contributed by atoms with Crippen LogP contribution < -0.4 is 9.64 Å². The number of hydrogen-bond acceptors (Lipinski definition) is 4. The van der Waals surface area contributed by atoms with Crippen molar-refractivity contribution in [3.05, 3.63) is 101 Å². The van der Waals surface area contributed by atoms with E-state index in [-0.39, 0.29) is 5.56 Å². The Morgan fingerprint density at radius 2 is 1.72 bits per heavy atom. The Hall–Kier alpha value is -3.74. The van der Waals surface area contributed by atoms with Gasteiger partial charge in [-0.2, -0.15) is 13.2 Å². The largest absolute Gasteiger partial charge is 0.497 e. The third-order valence-corrected chi connectivity index (χ3v) is 6.72. The van der Waals surface area contributed by atoms with Gasteiger partial charge in [0.25, 0.3) is 0 Å². The number of esters is 1. The Bertz CT molecular complexity index is 1250. The third-order valence-electron chi connectivity index (χ3n) is 6.72. The van der Waals surface area contributed by atoms with E-state index in [4.69, 9.17) is 4.74 Å². The molecule has 0 spiro atoms. The van der Waals surface area contributed by atoms with Crippen molar-refractivity contribution in [1.29, 1.82) is 0 Å². The van der Waals surface area contributed by atoms with Gasteiger partial charge in [0.05, 0.1) is 26.2 Å². The molecule has 3 aromatic carbocycles. The molecular formula is C29H28F3NO3. The molecule has 0 aliphatic carbocycles. The summed E-state index contributed by atoms with van der Waals surface area (Å²) in [7, 11) is 2.97. The van der Waals surface area contributed by atoms with Crippen LogP contribution in [0, 0.1) is 0 Å². The molecule has 4 rings (SSSR count). The van der Waals surface area contributed by atoms with E-state index in [0.717, 1.165) is 40.1 Å². The first kappa shape index (κ1) is 25.4. The number of carbonyl (C=O) groups is 1. The molecule has 1 aliphatic rings. The average Bonchev–Trinajstić information content (AvgIpc) is 2.87. The highest BCUT2D eigenvalue weighted by molar-refractivity contribution is 5.86. The fourth-order valence-corrected chi connectivity index (χ4v) is 4.85. The quantitative estimate of drug-likeness (QED) is 0.297. The number of hydrogen-bond donors (Lipinski definition) is 0. The second-order valence-electron chi connectivity index (χ2n) is 8.93.